The summed E-state index contributed by atoms with van der Waals surface area (Å²) in [6.07, 6.45) is 2.58. The van der Waals surface area contributed by atoms with E-state index >= 15 is 0 Å². The molecule has 1 saturated heterocycles. The number of aliphatic hydroxyl groups excluding tert-OH is 1. The van der Waals surface area contributed by atoms with Crippen LogP contribution in [0.25, 0.3) is 10.9 Å². The zero-order chi connectivity index (χ0) is 26.3. The number of nitrogens with one attached hydrogen (secondary N) is 1. The van der Waals surface area contributed by atoms with Gasteiger partial charge in [0.2, 0.25) is 0 Å². The number of fused-ring (bicyclic) bond motifs is 2. The summed E-state index contributed by atoms with van der Waals surface area (Å²) in [6, 6.07) is 7.81. The quantitative estimate of drug-likeness (QED) is 0.410. The summed E-state index contributed by atoms with van der Waals surface area (Å²) in [6.45, 7) is 0.363. The van der Waals surface area contributed by atoms with E-state index in [1.165, 1.54) is 21.7 Å². The first-order valence-electron chi connectivity index (χ1n) is 12.0. The topological polar surface area (TPSA) is 127 Å². The van der Waals surface area contributed by atoms with E-state index in [9.17, 15) is 18.8 Å². The number of aliphatic hydroxyl groups is 1. The number of urea groups is 1. The lowest BCUT2D eigenvalue weighted by molar-refractivity contribution is -0.123. The molecule has 3 aromatic rings. The number of primary amides is 1. The van der Waals surface area contributed by atoms with Crippen LogP contribution >= 0.6 is 11.6 Å². The molecule has 0 bridgehead atoms. The molecule has 9 nitrogen and oxygen atoms in total. The maximum Gasteiger partial charge on any atom is 0.323 e. The molecule has 0 unspecified atom stereocenters. The van der Waals surface area contributed by atoms with Gasteiger partial charge in [0.15, 0.2) is 5.78 Å². The fourth-order valence-electron chi connectivity index (χ4n) is 5.17. The molecule has 2 fully saturated rings. The first-order valence-corrected chi connectivity index (χ1v) is 12.4. The number of hydrogen-bond acceptors (Lipinski definition) is 5. The zero-order valence-electron chi connectivity index (χ0n) is 19.8. The summed E-state index contributed by atoms with van der Waals surface area (Å²) in [7, 11) is 0. The number of carbonyl (C=O) groups excluding carboxylic acids is 3. The van der Waals surface area contributed by atoms with E-state index < -0.39 is 23.9 Å². The van der Waals surface area contributed by atoms with Crippen LogP contribution in [0.4, 0.5) is 19.7 Å². The summed E-state index contributed by atoms with van der Waals surface area (Å²) < 4.78 is 20.9. The molecule has 0 spiro atoms. The van der Waals surface area contributed by atoms with Gasteiger partial charge in [-0.3, -0.25) is 9.36 Å². The Hall–Kier alpha value is -3.63. The lowest BCUT2D eigenvalue weighted by atomic mass is 10.00. The Bertz CT molecular complexity index is 1390. The molecule has 2 aliphatic rings. The number of amides is 3. The molecule has 1 aliphatic heterocycles. The first kappa shape index (κ1) is 25.0. The minimum Gasteiger partial charge on any atom is -0.491 e. The molecule has 0 radical (unpaired) electrons. The smallest absolute Gasteiger partial charge is 0.323 e. The number of ketones is 1. The monoisotopic (exact) mass is 528 g/mol. The van der Waals surface area contributed by atoms with E-state index in [1.54, 1.807) is 30.3 Å². The fourth-order valence-corrected chi connectivity index (χ4v) is 5.36. The summed E-state index contributed by atoms with van der Waals surface area (Å²) in [4.78, 5) is 40.0. The largest absolute Gasteiger partial charge is 0.491 e. The van der Waals surface area contributed by atoms with E-state index in [1.807, 2.05) is 0 Å². The summed E-state index contributed by atoms with van der Waals surface area (Å²) in [5, 5.41) is 12.4. The molecule has 194 valence electrons. The van der Waals surface area contributed by atoms with E-state index in [0.717, 1.165) is 6.42 Å². The molecular weight excluding hydrogens is 503 g/mol. The number of ether oxygens (including phenoxy) is 1. The summed E-state index contributed by atoms with van der Waals surface area (Å²) >= 11 is 5.85. The van der Waals surface area contributed by atoms with Crippen molar-refractivity contribution in [2.45, 2.75) is 25.3 Å². The highest BCUT2D eigenvalue weighted by molar-refractivity contribution is 6.30. The van der Waals surface area contributed by atoms with Crippen LogP contribution in [0.2, 0.25) is 5.02 Å². The van der Waals surface area contributed by atoms with Gasteiger partial charge in [-0.25, -0.2) is 14.0 Å². The van der Waals surface area contributed by atoms with Crippen LogP contribution in [-0.4, -0.2) is 58.2 Å². The standard InChI is InChI=1S/C26H26ClFN4O5/c27-19-3-1-2-14(23(19)28)4-7-22(34)24-17-10-15(17)12-32(24)26(36)30-20-13-31(25(29)35)21-6-5-16(11-18(20)21)37-9-8-33/h1-3,5-6,11,13,15,17,24,33H,4,7-10,12H2,(H2,29,35)(H,30,36)/t15-,17-,24-/m0/s1. The molecule has 1 aliphatic carbocycles. The Morgan fingerprint density at radius 1 is 1.24 bits per heavy atom. The molecule has 37 heavy (non-hydrogen) atoms. The van der Waals surface area contributed by atoms with Crippen LogP contribution in [0.15, 0.2) is 42.6 Å². The van der Waals surface area contributed by atoms with Gasteiger partial charge in [0.25, 0.3) is 0 Å². The van der Waals surface area contributed by atoms with Gasteiger partial charge in [-0.2, -0.15) is 0 Å². The van der Waals surface area contributed by atoms with Gasteiger partial charge in [-0.1, -0.05) is 23.7 Å². The van der Waals surface area contributed by atoms with Crippen LogP contribution in [0.5, 0.6) is 5.75 Å². The fraction of sp³-hybridized carbons (Fsp3) is 0.346. The second-order valence-electron chi connectivity index (χ2n) is 9.37. The van der Waals surface area contributed by atoms with E-state index in [2.05, 4.69) is 5.32 Å². The Balaban J connectivity index is 1.34. The number of halogens is 2. The minimum atomic E-state index is -0.724. The van der Waals surface area contributed by atoms with Crippen LogP contribution in [0.1, 0.15) is 18.4 Å². The summed E-state index contributed by atoms with van der Waals surface area (Å²) in [5.74, 6) is 0.137. The van der Waals surface area contributed by atoms with Gasteiger partial charge >= 0.3 is 12.1 Å². The third-order valence-corrected chi connectivity index (χ3v) is 7.32. The third-order valence-electron chi connectivity index (χ3n) is 7.03. The Morgan fingerprint density at radius 2 is 2.05 bits per heavy atom. The highest BCUT2D eigenvalue weighted by Crippen LogP contribution is 2.50. The van der Waals surface area contributed by atoms with Crippen molar-refractivity contribution in [1.29, 1.82) is 0 Å². The number of carbonyl (C=O) groups is 3. The second kappa shape index (κ2) is 10.0. The maximum absolute atomic E-state index is 14.3. The molecule has 2 heterocycles. The number of aromatic nitrogens is 1. The minimum absolute atomic E-state index is 0.00844. The average molecular weight is 529 g/mol. The van der Waals surface area contributed by atoms with Crippen molar-refractivity contribution >= 4 is 46.0 Å². The number of piperidine rings is 1. The van der Waals surface area contributed by atoms with Crippen molar-refractivity contribution < 1.29 is 28.6 Å². The van der Waals surface area contributed by atoms with E-state index in [4.69, 9.17) is 27.2 Å². The lowest BCUT2D eigenvalue weighted by Gasteiger charge is -2.26. The highest BCUT2D eigenvalue weighted by Gasteiger charge is 2.56. The molecular formula is C26H26ClFN4O5. The molecule has 4 N–H and O–H groups in total. The van der Waals surface area contributed by atoms with Crippen molar-refractivity contribution in [3.63, 3.8) is 0 Å². The molecule has 1 aromatic heterocycles. The number of rotatable bonds is 8. The maximum atomic E-state index is 14.3. The number of aryl methyl sites for hydroxylation is 1. The number of likely N-dealkylation sites (tertiary alicyclic amines) is 1. The van der Waals surface area contributed by atoms with Gasteiger partial charge in [-0.05, 0) is 54.5 Å². The van der Waals surface area contributed by atoms with Crippen LogP contribution in [0, 0.1) is 17.7 Å². The number of nitrogens with zero attached hydrogens (tertiary/aromatic N) is 2. The number of hydrogen-bond donors (Lipinski definition) is 3. The van der Waals surface area contributed by atoms with Crippen LogP contribution in [-0.2, 0) is 11.2 Å². The predicted octanol–water partition coefficient (Wildman–Crippen LogP) is 3.79. The molecule has 2 aromatic carbocycles. The van der Waals surface area contributed by atoms with Gasteiger partial charge in [0, 0.05) is 24.5 Å². The van der Waals surface area contributed by atoms with Gasteiger partial charge < -0.3 is 25.8 Å². The molecule has 1 saturated carbocycles. The summed E-state index contributed by atoms with van der Waals surface area (Å²) in [5.41, 5.74) is 6.68. The van der Waals surface area contributed by atoms with Gasteiger partial charge in [-0.15, -0.1) is 0 Å². The van der Waals surface area contributed by atoms with E-state index in [0.29, 0.717) is 34.4 Å². The van der Waals surface area contributed by atoms with E-state index in [-0.39, 0.29) is 48.7 Å². The van der Waals surface area contributed by atoms with Crippen LogP contribution < -0.4 is 15.8 Å². The predicted molar refractivity (Wildman–Crippen MR) is 135 cm³/mol. The Morgan fingerprint density at radius 3 is 2.81 bits per heavy atom. The van der Waals surface area contributed by atoms with Crippen molar-refractivity contribution in [1.82, 2.24) is 9.47 Å². The highest BCUT2D eigenvalue weighted by atomic mass is 35.5. The second-order valence-corrected chi connectivity index (χ2v) is 9.78. The number of Topliss-reactive ketones (excluding diaryl/α,β-unsaturated/α-hetero) is 1. The number of benzene rings is 2. The SMILES string of the molecule is NC(=O)n1cc(NC(=O)N2C[C@@H]3C[C@@H]3[C@H]2C(=O)CCc2cccc(Cl)c2F)c2cc(OCCO)ccc21. The molecule has 3 atom stereocenters. The van der Waals surface area contributed by atoms with Crippen LogP contribution in [0.3, 0.4) is 0 Å². The first-order chi connectivity index (χ1) is 17.8. The van der Waals surface area contributed by atoms with Crippen molar-refractivity contribution in [3.05, 3.63) is 59.0 Å². The molecule has 5 rings (SSSR count). The molecule has 11 heteroatoms. The average Bonchev–Trinajstić information content (AvgIpc) is 3.39. The Kier molecular flexibility index (Phi) is 6.78. The Labute approximate surface area is 216 Å². The third kappa shape index (κ3) is 4.86. The molecule has 3 amide bonds. The van der Waals surface area contributed by atoms with Gasteiger partial charge in [0.1, 0.15) is 18.2 Å². The number of nitrogens with two attached hydrogens (primary N) is 1. The zero-order valence-corrected chi connectivity index (χ0v) is 20.6. The van der Waals surface area contributed by atoms with Crippen molar-refractivity contribution in [2.75, 3.05) is 25.1 Å². The van der Waals surface area contributed by atoms with Crippen molar-refractivity contribution in [3.8, 4) is 5.75 Å². The van der Waals surface area contributed by atoms with Crippen molar-refractivity contribution in [2.24, 2.45) is 17.6 Å². The normalized spacial score (nSPS) is 20.1. The van der Waals surface area contributed by atoms with Gasteiger partial charge in [0.05, 0.1) is 28.9 Å². The number of anilines is 1. The lowest BCUT2D eigenvalue weighted by Crippen LogP contribution is -2.45.